The van der Waals surface area contributed by atoms with Gasteiger partial charge >= 0.3 is 0 Å². The van der Waals surface area contributed by atoms with Crippen LogP contribution in [0.3, 0.4) is 0 Å². The third kappa shape index (κ3) is 3.99. The molecule has 0 N–H and O–H groups in total. The molecule has 27 heavy (non-hydrogen) atoms. The lowest BCUT2D eigenvalue weighted by Gasteiger charge is -2.17. The summed E-state index contributed by atoms with van der Waals surface area (Å²) in [6, 6.07) is 12.3. The van der Waals surface area contributed by atoms with Crippen molar-refractivity contribution in [2.24, 2.45) is 0 Å². The van der Waals surface area contributed by atoms with E-state index in [1.165, 1.54) is 22.7 Å². The zero-order valence-electron chi connectivity index (χ0n) is 14.7. The number of thioether (sulfide) groups is 1. The predicted octanol–water partition coefficient (Wildman–Crippen LogP) is 5.17. The van der Waals surface area contributed by atoms with Crippen molar-refractivity contribution in [1.82, 2.24) is 0 Å². The molecule has 136 valence electrons. The number of nitro groups is 1. The zero-order chi connectivity index (χ0) is 19.6. The number of carbonyl (C=O) groups excluding carboxylic acids is 1. The molecule has 0 bridgehead atoms. The van der Waals surface area contributed by atoms with Crippen molar-refractivity contribution >= 4 is 51.7 Å². The van der Waals surface area contributed by atoms with E-state index in [0.717, 1.165) is 16.8 Å². The Bertz CT molecular complexity index is 1010. The molecule has 3 rings (SSSR count). The Kier molecular flexibility index (Phi) is 5.53. The van der Waals surface area contributed by atoms with Crippen molar-refractivity contribution in [3.05, 3.63) is 86.3 Å². The zero-order valence-corrected chi connectivity index (χ0v) is 16.3. The molecule has 0 saturated carbocycles. The van der Waals surface area contributed by atoms with E-state index >= 15 is 0 Å². The Morgan fingerprint density at radius 2 is 1.93 bits per heavy atom. The van der Waals surface area contributed by atoms with Gasteiger partial charge in [0.2, 0.25) is 0 Å². The van der Waals surface area contributed by atoms with Crippen molar-refractivity contribution in [3.8, 4) is 0 Å². The Hall–Kier alpha value is -2.77. The highest BCUT2D eigenvalue weighted by atomic mass is 32.2. The van der Waals surface area contributed by atoms with Gasteiger partial charge in [-0.2, -0.15) is 0 Å². The minimum atomic E-state index is -0.431. The smallest absolute Gasteiger partial charge is 0.268 e. The molecule has 0 aliphatic carbocycles. The second kappa shape index (κ2) is 7.85. The molecule has 7 heteroatoms. The molecule has 1 heterocycles. The molecule has 1 saturated heterocycles. The normalized spacial score (nSPS) is 15.9. The van der Waals surface area contributed by atoms with Gasteiger partial charge < -0.3 is 0 Å². The molecular formula is C20H16N2O3S2. The van der Waals surface area contributed by atoms with Crippen LogP contribution in [0.15, 0.2) is 59.5 Å². The third-order valence-electron chi connectivity index (χ3n) is 4.06. The van der Waals surface area contributed by atoms with E-state index < -0.39 is 4.92 Å². The summed E-state index contributed by atoms with van der Waals surface area (Å²) in [7, 11) is 0. The number of thiocarbonyl (C=S) groups is 1. The molecule has 2 aromatic rings. The predicted molar refractivity (Wildman–Crippen MR) is 114 cm³/mol. The van der Waals surface area contributed by atoms with E-state index in [1.54, 1.807) is 36.4 Å². The van der Waals surface area contributed by atoms with Crippen LogP contribution < -0.4 is 4.90 Å². The van der Waals surface area contributed by atoms with Crippen LogP contribution in [0, 0.1) is 24.0 Å². The lowest BCUT2D eigenvalue weighted by molar-refractivity contribution is -0.385. The lowest BCUT2D eigenvalue weighted by atomic mass is 10.1. The maximum Gasteiger partial charge on any atom is 0.276 e. The number of nitro benzene ring substituents is 1. The van der Waals surface area contributed by atoms with Crippen molar-refractivity contribution in [3.63, 3.8) is 0 Å². The van der Waals surface area contributed by atoms with E-state index in [9.17, 15) is 14.9 Å². The SMILES string of the molecule is Cc1ccc(C)c(N2C(=O)/C(=C/C=C/c3ccccc3[N+](=O)[O-])SC2=S)c1. The number of amides is 1. The van der Waals surface area contributed by atoms with E-state index in [1.807, 2.05) is 32.0 Å². The summed E-state index contributed by atoms with van der Waals surface area (Å²) in [6.07, 6.45) is 4.89. The highest BCUT2D eigenvalue weighted by molar-refractivity contribution is 8.27. The maximum absolute atomic E-state index is 12.8. The largest absolute Gasteiger partial charge is 0.276 e. The van der Waals surface area contributed by atoms with Crippen LogP contribution in [0.5, 0.6) is 0 Å². The van der Waals surface area contributed by atoms with E-state index in [4.69, 9.17) is 12.2 Å². The standard InChI is InChI=1S/C20H16N2O3S2/c1-13-10-11-14(2)17(12-13)21-19(23)18(27-20(21)26)9-5-7-15-6-3-4-8-16(15)22(24)25/h3-12H,1-2H3/b7-5+,18-9-. The number of anilines is 1. The summed E-state index contributed by atoms with van der Waals surface area (Å²) < 4.78 is 0.471. The van der Waals surface area contributed by atoms with Gasteiger partial charge in [0, 0.05) is 6.07 Å². The first-order valence-electron chi connectivity index (χ1n) is 8.14. The fourth-order valence-corrected chi connectivity index (χ4v) is 3.92. The maximum atomic E-state index is 12.8. The summed E-state index contributed by atoms with van der Waals surface area (Å²) in [4.78, 5) is 25.5. The van der Waals surface area contributed by atoms with E-state index in [2.05, 4.69) is 0 Å². The summed E-state index contributed by atoms with van der Waals surface area (Å²) in [6.45, 7) is 3.90. The lowest BCUT2D eigenvalue weighted by Crippen LogP contribution is -2.28. The van der Waals surface area contributed by atoms with Crippen LogP contribution in [-0.4, -0.2) is 15.2 Å². The molecule has 1 fully saturated rings. The van der Waals surface area contributed by atoms with Crippen molar-refractivity contribution in [2.75, 3.05) is 4.90 Å². The average Bonchev–Trinajstić information content (AvgIpc) is 2.91. The summed E-state index contributed by atoms with van der Waals surface area (Å²) in [5.41, 5.74) is 3.29. The van der Waals surface area contributed by atoms with E-state index in [-0.39, 0.29) is 11.6 Å². The fraction of sp³-hybridized carbons (Fsp3) is 0.100. The topological polar surface area (TPSA) is 63.5 Å². The minimum absolute atomic E-state index is 0.0186. The highest BCUT2D eigenvalue weighted by Crippen LogP contribution is 2.36. The van der Waals surface area contributed by atoms with Gasteiger partial charge in [-0.1, -0.05) is 54.3 Å². The number of aryl methyl sites for hydroxylation is 2. The molecule has 0 aromatic heterocycles. The molecular weight excluding hydrogens is 380 g/mol. The van der Waals surface area contributed by atoms with Crippen LogP contribution in [0.4, 0.5) is 11.4 Å². The Labute approximate surface area is 166 Å². The van der Waals surface area contributed by atoms with Crippen molar-refractivity contribution < 1.29 is 9.72 Å². The number of para-hydroxylation sites is 1. The third-order valence-corrected chi connectivity index (χ3v) is 5.38. The van der Waals surface area contributed by atoms with Crippen LogP contribution in [0.25, 0.3) is 6.08 Å². The first-order valence-corrected chi connectivity index (χ1v) is 9.36. The number of nitrogens with zero attached hydrogens (tertiary/aromatic N) is 2. The van der Waals surface area contributed by atoms with Gasteiger partial charge in [0.05, 0.1) is 21.1 Å². The van der Waals surface area contributed by atoms with Gasteiger partial charge in [0.1, 0.15) is 0 Å². The molecule has 1 aliphatic heterocycles. The quantitative estimate of drug-likeness (QED) is 0.309. The number of hydrogen-bond donors (Lipinski definition) is 0. The Morgan fingerprint density at radius 1 is 1.19 bits per heavy atom. The van der Waals surface area contributed by atoms with Gasteiger partial charge in [0.25, 0.3) is 11.6 Å². The molecule has 0 spiro atoms. The molecule has 0 unspecified atom stereocenters. The summed E-state index contributed by atoms with van der Waals surface area (Å²) in [5.74, 6) is -0.189. The molecule has 1 amide bonds. The molecule has 0 radical (unpaired) electrons. The number of allylic oxidation sites excluding steroid dienone is 2. The van der Waals surface area contributed by atoms with Crippen LogP contribution in [0.2, 0.25) is 0 Å². The van der Waals surface area contributed by atoms with Gasteiger partial charge in [-0.15, -0.1) is 0 Å². The van der Waals surface area contributed by atoms with Gasteiger partial charge in [-0.25, -0.2) is 0 Å². The molecule has 1 aliphatic rings. The van der Waals surface area contributed by atoms with Gasteiger partial charge in [-0.3, -0.25) is 19.8 Å². The average molecular weight is 396 g/mol. The Morgan fingerprint density at radius 3 is 2.67 bits per heavy atom. The van der Waals surface area contributed by atoms with Gasteiger partial charge in [0.15, 0.2) is 4.32 Å². The molecule has 5 nitrogen and oxygen atoms in total. The Balaban J connectivity index is 1.87. The van der Waals surface area contributed by atoms with Crippen molar-refractivity contribution in [2.45, 2.75) is 13.8 Å². The number of rotatable bonds is 4. The first kappa shape index (κ1) is 19.0. The first-order chi connectivity index (χ1) is 12.9. The van der Waals surface area contributed by atoms with Crippen LogP contribution in [-0.2, 0) is 4.79 Å². The minimum Gasteiger partial charge on any atom is -0.268 e. The summed E-state index contributed by atoms with van der Waals surface area (Å²) >= 11 is 6.61. The summed E-state index contributed by atoms with van der Waals surface area (Å²) in [5, 5.41) is 11.1. The number of hydrogen-bond acceptors (Lipinski definition) is 5. The molecule has 0 atom stereocenters. The monoisotopic (exact) mass is 396 g/mol. The second-order valence-corrected chi connectivity index (χ2v) is 7.68. The fourth-order valence-electron chi connectivity index (χ4n) is 2.68. The van der Waals surface area contributed by atoms with Crippen LogP contribution >= 0.6 is 24.0 Å². The van der Waals surface area contributed by atoms with E-state index in [0.29, 0.717) is 14.8 Å². The molecule has 2 aromatic carbocycles. The highest BCUT2D eigenvalue weighted by Gasteiger charge is 2.33. The number of carbonyl (C=O) groups is 1. The van der Waals surface area contributed by atoms with Crippen LogP contribution in [0.1, 0.15) is 16.7 Å². The number of benzene rings is 2. The van der Waals surface area contributed by atoms with Gasteiger partial charge in [-0.05, 0) is 49.3 Å². The second-order valence-electron chi connectivity index (χ2n) is 6.00. The van der Waals surface area contributed by atoms with Crippen molar-refractivity contribution in [1.29, 1.82) is 0 Å².